The van der Waals surface area contributed by atoms with Crippen LogP contribution >= 0.6 is 11.3 Å². The lowest BCUT2D eigenvalue weighted by Gasteiger charge is -2.07. The van der Waals surface area contributed by atoms with E-state index in [-0.39, 0.29) is 0 Å². The molecule has 1 N–H and O–H groups in total. The van der Waals surface area contributed by atoms with Crippen molar-refractivity contribution in [2.75, 3.05) is 20.3 Å². The van der Waals surface area contributed by atoms with Crippen molar-refractivity contribution in [2.24, 2.45) is 0 Å². The van der Waals surface area contributed by atoms with Gasteiger partial charge in [-0.3, -0.25) is 9.38 Å². The number of thiazole rings is 1. The highest BCUT2D eigenvalue weighted by molar-refractivity contribution is 7.15. The first-order chi connectivity index (χ1) is 10.4. The van der Waals surface area contributed by atoms with Crippen LogP contribution in [0.5, 0.6) is 11.6 Å². The fraction of sp³-hybridized carbons (Fsp3) is 0.286. The van der Waals surface area contributed by atoms with Crippen molar-refractivity contribution in [3.05, 3.63) is 41.8 Å². The van der Waals surface area contributed by atoms with E-state index in [1.807, 2.05) is 28.1 Å². The van der Waals surface area contributed by atoms with E-state index in [1.54, 1.807) is 30.8 Å². The zero-order valence-electron chi connectivity index (χ0n) is 11.7. The maximum atomic E-state index is 5.85. The molecule has 3 aromatic heterocycles. The predicted octanol–water partition coefficient (Wildman–Crippen LogP) is 2.32. The van der Waals surface area contributed by atoms with Crippen LogP contribution in [-0.4, -0.2) is 34.6 Å². The van der Waals surface area contributed by atoms with Crippen molar-refractivity contribution in [3.63, 3.8) is 0 Å². The Kier molecular flexibility index (Phi) is 4.44. The second-order valence-electron chi connectivity index (χ2n) is 4.38. The van der Waals surface area contributed by atoms with Crippen molar-refractivity contribution >= 4 is 16.3 Å². The molecule has 0 aliphatic heterocycles. The van der Waals surface area contributed by atoms with Crippen LogP contribution in [0.15, 0.2) is 36.1 Å². The van der Waals surface area contributed by atoms with Crippen LogP contribution in [0.3, 0.4) is 0 Å². The average molecular weight is 304 g/mol. The normalized spacial score (nSPS) is 11.1. The lowest BCUT2D eigenvalue weighted by Crippen LogP contribution is -2.19. The summed E-state index contributed by atoms with van der Waals surface area (Å²) in [6, 6.07) is 3.70. The molecule has 3 heterocycles. The predicted molar refractivity (Wildman–Crippen MR) is 81.0 cm³/mol. The van der Waals surface area contributed by atoms with Gasteiger partial charge in [-0.2, -0.15) is 4.98 Å². The molecule has 7 heteroatoms. The van der Waals surface area contributed by atoms with Crippen LogP contribution < -0.4 is 10.1 Å². The first-order valence-corrected chi connectivity index (χ1v) is 7.48. The van der Waals surface area contributed by atoms with Gasteiger partial charge in [0, 0.05) is 38.0 Å². The van der Waals surface area contributed by atoms with Crippen LogP contribution in [-0.2, 0) is 11.3 Å². The Balaban J connectivity index is 1.81. The van der Waals surface area contributed by atoms with Gasteiger partial charge >= 0.3 is 0 Å². The molecular formula is C14H16N4O2S. The van der Waals surface area contributed by atoms with E-state index in [9.17, 15) is 0 Å². The Labute approximate surface area is 126 Å². The van der Waals surface area contributed by atoms with Gasteiger partial charge in [0.25, 0.3) is 0 Å². The topological polar surface area (TPSA) is 60.7 Å². The van der Waals surface area contributed by atoms with E-state index < -0.39 is 0 Å². The molecule has 3 rings (SSSR count). The lowest BCUT2D eigenvalue weighted by molar-refractivity contribution is 0.199. The van der Waals surface area contributed by atoms with Gasteiger partial charge in [-0.05, 0) is 12.1 Å². The van der Waals surface area contributed by atoms with Gasteiger partial charge in [0.15, 0.2) is 4.96 Å². The third-order valence-corrected chi connectivity index (χ3v) is 3.71. The molecule has 21 heavy (non-hydrogen) atoms. The van der Waals surface area contributed by atoms with Crippen molar-refractivity contribution in [1.82, 2.24) is 19.7 Å². The number of imidazole rings is 1. The van der Waals surface area contributed by atoms with E-state index in [0.29, 0.717) is 24.8 Å². The molecule has 6 nitrogen and oxygen atoms in total. The highest BCUT2D eigenvalue weighted by atomic mass is 32.1. The summed E-state index contributed by atoms with van der Waals surface area (Å²) >= 11 is 1.58. The lowest BCUT2D eigenvalue weighted by atomic mass is 10.4. The third kappa shape index (κ3) is 3.21. The Bertz CT molecular complexity index is 695. The zero-order chi connectivity index (χ0) is 14.5. The molecule has 0 aromatic carbocycles. The summed E-state index contributed by atoms with van der Waals surface area (Å²) in [6.45, 7) is 2.11. The van der Waals surface area contributed by atoms with Gasteiger partial charge in [0.05, 0.1) is 12.8 Å². The molecule has 0 bridgehead atoms. The monoisotopic (exact) mass is 304 g/mol. The van der Waals surface area contributed by atoms with E-state index in [4.69, 9.17) is 9.47 Å². The Morgan fingerprint density at radius 1 is 1.43 bits per heavy atom. The number of hydrogen-bond donors (Lipinski definition) is 1. The fourth-order valence-electron chi connectivity index (χ4n) is 1.96. The van der Waals surface area contributed by atoms with E-state index in [0.717, 1.165) is 17.2 Å². The molecule has 0 atom stereocenters. The quantitative estimate of drug-likeness (QED) is 0.679. The Hall–Kier alpha value is -1.96. The number of nitrogens with zero attached hydrogens (tertiary/aromatic N) is 3. The van der Waals surface area contributed by atoms with Crippen molar-refractivity contribution in [2.45, 2.75) is 6.54 Å². The SMILES string of the molecule is COCCNCc1c(Oc2cccnc2)nc2sccn12. The Morgan fingerprint density at radius 3 is 3.19 bits per heavy atom. The van der Waals surface area contributed by atoms with Crippen LogP contribution in [0.2, 0.25) is 0 Å². The molecule has 3 aromatic rings. The number of ether oxygens (including phenoxy) is 2. The number of nitrogens with one attached hydrogen (secondary N) is 1. The maximum absolute atomic E-state index is 5.85. The van der Waals surface area contributed by atoms with Gasteiger partial charge in [-0.1, -0.05) is 0 Å². The Morgan fingerprint density at radius 2 is 2.38 bits per heavy atom. The molecule has 0 unspecified atom stereocenters. The number of aromatic nitrogens is 3. The first-order valence-electron chi connectivity index (χ1n) is 6.60. The summed E-state index contributed by atoms with van der Waals surface area (Å²) in [5, 5.41) is 5.33. The number of methoxy groups -OCH3 is 1. The van der Waals surface area contributed by atoms with Crippen molar-refractivity contribution < 1.29 is 9.47 Å². The van der Waals surface area contributed by atoms with Gasteiger partial charge < -0.3 is 14.8 Å². The number of fused-ring (bicyclic) bond motifs is 1. The molecule has 0 saturated carbocycles. The average Bonchev–Trinajstić information content (AvgIpc) is 3.07. The van der Waals surface area contributed by atoms with E-state index >= 15 is 0 Å². The number of hydrogen-bond acceptors (Lipinski definition) is 6. The molecular weight excluding hydrogens is 288 g/mol. The highest BCUT2D eigenvalue weighted by Gasteiger charge is 2.14. The van der Waals surface area contributed by atoms with Crippen LogP contribution in [0.1, 0.15) is 5.69 Å². The minimum Gasteiger partial charge on any atom is -0.436 e. The minimum absolute atomic E-state index is 0.611. The van der Waals surface area contributed by atoms with E-state index in [2.05, 4.69) is 15.3 Å². The molecule has 0 spiro atoms. The van der Waals surface area contributed by atoms with Crippen LogP contribution in [0.25, 0.3) is 4.96 Å². The third-order valence-electron chi connectivity index (χ3n) is 2.95. The van der Waals surface area contributed by atoms with Gasteiger partial charge in [0.2, 0.25) is 5.88 Å². The largest absolute Gasteiger partial charge is 0.436 e. The molecule has 110 valence electrons. The molecule has 0 radical (unpaired) electrons. The molecule has 0 saturated heterocycles. The zero-order valence-corrected chi connectivity index (χ0v) is 12.5. The van der Waals surface area contributed by atoms with E-state index in [1.165, 1.54) is 0 Å². The van der Waals surface area contributed by atoms with Crippen molar-refractivity contribution in [3.8, 4) is 11.6 Å². The second kappa shape index (κ2) is 6.66. The standard InChI is InChI=1S/C14H16N4O2S/c1-19-7-5-16-10-12-13(17-14-18(12)6-8-21-14)20-11-3-2-4-15-9-11/h2-4,6,8-9,16H,5,7,10H2,1H3. The summed E-state index contributed by atoms with van der Waals surface area (Å²) in [5.41, 5.74) is 0.992. The van der Waals surface area contributed by atoms with Gasteiger partial charge in [-0.15, -0.1) is 11.3 Å². The van der Waals surface area contributed by atoms with Gasteiger partial charge in [0.1, 0.15) is 11.4 Å². The fourth-order valence-corrected chi connectivity index (χ4v) is 2.68. The summed E-state index contributed by atoms with van der Waals surface area (Å²) in [5.74, 6) is 1.29. The number of pyridine rings is 1. The minimum atomic E-state index is 0.611. The summed E-state index contributed by atoms with van der Waals surface area (Å²) < 4.78 is 12.9. The molecule has 0 fully saturated rings. The van der Waals surface area contributed by atoms with Gasteiger partial charge in [-0.25, -0.2) is 0 Å². The van der Waals surface area contributed by atoms with Crippen molar-refractivity contribution in [1.29, 1.82) is 0 Å². The summed E-state index contributed by atoms with van der Waals surface area (Å²) in [7, 11) is 1.69. The maximum Gasteiger partial charge on any atom is 0.243 e. The number of rotatable bonds is 7. The van der Waals surface area contributed by atoms with Crippen LogP contribution in [0.4, 0.5) is 0 Å². The first kappa shape index (κ1) is 14.0. The molecule has 0 aliphatic rings. The van der Waals surface area contributed by atoms with Crippen LogP contribution in [0, 0.1) is 0 Å². The molecule has 0 aliphatic carbocycles. The summed E-state index contributed by atoms with van der Waals surface area (Å²) in [4.78, 5) is 9.49. The second-order valence-corrected chi connectivity index (χ2v) is 5.25. The molecule has 0 amide bonds. The summed E-state index contributed by atoms with van der Waals surface area (Å²) in [6.07, 6.45) is 5.39. The smallest absolute Gasteiger partial charge is 0.243 e. The highest BCUT2D eigenvalue weighted by Crippen LogP contribution is 2.27.